The average molecular weight is 305 g/mol. The number of hydrogen-bond acceptors (Lipinski definition) is 4. The van der Waals surface area contributed by atoms with Crippen molar-refractivity contribution in [1.82, 2.24) is 4.90 Å². The van der Waals surface area contributed by atoms with Crippen LogP contribution < -0.4 is 9.47 Å². The van der Waals surface area contributed by atoms with Crippen LogP contribution in [0.4, 0.5) is 4.39 Å². The molecule has 118 valence electrons. The van der Waals surface area contributed by atoms with Crippen LogP contribution in [0, 0.1) is 5.82 Å². The van der Waals surface area contributed by atoms with Crippen LogP contribution in [0.2, 0.25) is 0 Å². The maximum atomic E-state index is 14.7. The Morgan fingerprint density at radius 1 is 1.50 bits per heavy atom. The molecule has 0 saturated heterocycles. The van der Waals surface area contributed by atoms with Gasteiger partial charge in [-0.05, 0) is 20.0 Å². The molecule has 0 saturated carbocycles. The fourth-order valence-electron chi connectivity index (χ4n) is 4.10. The summed E-state index contributed by atoms with van der Waals surface area (Å²) in [5, 5.41) is 9.95. The van der Waals surface area contributed by atoms with Gasteiger partial charge in [0.25, 0.3) is 0 Å². The summed E-state index contributed by atoms with van der Waals surface area (Å²) < 4.78 is 26.1. The second-order valence-corrected chi connectivity index (χ2v) is 6.54. The van der Waals surface area contributed by atoms with Crippen LogP contribution in [-0.4, -0.2) is 42.9 Å². The maximum absolute atomic E-state index is 14.7. The van der Waals surface area contributed by atoms with Crippen LogP contribution in [0.3, 0.4) is 0 Å². The van der Waals surface area contributed by atoms with Crippen molar-refractivity contribution in [2.45, 2.75) is 37.0 Å². The van der Waals surface area contributed by atoms with E-state index in [1.165, 1.54) is 13.2 Å². The van der Waals surface area contributed by atoms with E-state index in [2.05, 4.69) is 4.90 Å². The molecule has 3 aliphatic rings. The van der Waals surface area contributed by atoms with E-state index in [1.807, 2.05) is 19.2 Å². The van der Waals surface area contributed by atoms with Crippen LogP contribution in [0.15, 0.2) is 18.2 Å². The van der Waals surface area contributed by atoms with Crippen molar-refractivity contribution < 1.29 is 19.0 Å². The topological polar surface area (TPSA) is 41.9 Å². The Balaban J connectivity index is 2.00. The zero-order chi connectivity index (χ0) is 15.5. The monoisotopic (exact) mass is 305 g/mol. The van der Waals surface area contributed by atoms with Crippen LogP contribution in [0.1, 0.15) is 24.0 Å². The largest absolute Gasteiger partial charge is 0.493 e. The number of nitrogens with zero attached hydrogens (tertiary/aromatic N) is 1. The minimum absolute atomic E-state index is 0.163. The van der Waals surface area contributed by atoms with Crippen molar-refractivity contribution >= 4 is 0 Å². The quantitative estimate of drug-likeness (QED) is 0.806. The summed E-state index contributed by atoms with van der Waals surface area (Å²) in [4.78, 5) is 2.13. The SMILES string of the molecule is COc1cc(F)c2c3c1O[C@H]1C[C@@H](O)C=CC31CCN(C)C2. The van der Waals surface area contributed by atoms with Gasteiger partial charge in [-0.15, -0.1) is 0 Å². The third-order valence-corrected chi connectivity index (χ3v) is 5.23. The lowest BCUT2D eigenvalue weighted by molar-refractivity contribution is 0.0821. The van der Waals surface area contributed by atoms with Crippen molar-refractivity contribution in [3.05, 3.63) is 35.2 Å². The van der Waals surface area contributed by atoms with Gasteiger partial charge in [-0.3, -0.25) is 0 Å². The molecule has 3 atom stereocenters. The van der Waals surface area contributed by atoms with Crippen molar-refractivity contribution in [3.63, 3.8) is 0 Å². The third-order valence-electron chi connectivity index (χ3n) is 5.23. The van der Waals surface area contributed by atoms with E-state index in [4.69, 9.17) is 9.47 Å². The van der Waals surface area contributed by atoms with E-state index in [0.29, 0.717) is 30.0 Å². The molecule has 4 rings (SSSR count). The molecule has 1 spiro atoms. The van der Waals surface area contributed by atoms with Crippen LogP contribution >= 0.6 is 0 Å². The summed E-state index contributed by atoms with van der Waals surface area (Å²) in [7, 11) is 3.54. The highest BCUT2D eigenvalue weighted by Gasteiger charge is 2.53. The Hall–Kier alpha value is -1.59. The molecule has 22 heavy (non-hydrogen) atoms. The summed E-state index contributed by atoms with van der Waals surface area (Å²) in [6, 6.07) is 1.42. The normalized spacial score (nSPS) is 32.9. The average Bonchev–Trinajstić information content (AvgIpc) is 2.74. The third kappa shape index (κ3) is 1.75. The number of aliphatic hydroxyl groups excluding tert-OH is 1. The number of methoxy groups -OCH3 is 1. The number of halogens is 1. The van der Waals surface area contributed by atoms with E-state index in [0.717, 1.165) is 18.5 Å². The Morgan fingerprint density at radius 2 is 2.32 bits per heavy atom. The number of hydrogen-bond donors (Lipinski definition) is 1. The predicted octanol–water partition coefficient (Wildman–Crippen LogP) is 1.99. The molecular formula is C17H20FNO3. The van der Waals surface area contributed by atoms with Crippen LogP contribution in [0.5, 0.6) is 11.5 Å². The van der Waals surface area contributed by atoms with E-state index < -0.39 is 6.10 Å². The lowest BCUT2D eigenvalue weighted by atomic mass is 9.69. The number of aliphatic hydroxyl groups is 1. The zero-order valence-corrected chi connectivity index (χ0v) is 12.8. The second kappa shape index (κ2) is 4.70. The van der Waals surface area contributed by atoms with E-state index >= 15 is 0 Å². The number of benzene rings is 1. The first-order chi connectivity index (χ1) is 10.5. The summed E-state index contributed by atoms with van der Waals surface area (Å²) in [5.74, 6) is 0.850. The molecule has 4 nitrogen and oxygen atoms in total. The fourth-order valence-corrected chi connectivity index (χ4v) is 4.10. The lowest BCUT2D eigenvalue weighted by Gasteiger charge is -2.35. The Bertz CT molecular complexity index is 660. The lowest BCUT2D eigenvalue weighted by Crippen LogP contribution is -2.42. The first-order valence-electron chi connectivity index (χ1n) is 7.67. The number of ether oxygens (including phenoxy) is 2. The van der Waals surface area contributed by atoms with Crippen LogP contribution in [-0.2, 0) is 12.0 Å². The summed E-state index contributed by atoms with van der Waals surface area (Å²) in [6.07, 6.45) is 4.55. The van der Waals surface area contributed by atoms with E-state index in [-0.39, 0.29) is 17.3 Å². The minimum atomic E-state index is -0.509. The molecule has 0 amide bonds. The van der Waals surface area contributed by atoms with Gasteiger partial charge in [-0.2, -0.15) is 0 Å². The highest BCUT2D eigenvalue weighted by atomic mass is 19.1. The first-order valence-corrected chi connectivity index (χ1v) is 7.67. The molecule has 1 aliphatic carbocycles. The minimum Gasteiger partial charge on any atom is -0.493 e. The molecule has 2 aliphatic heterocycles. The van der Waals surface area contributed by atoms with Crippen LogP contribution in [0.25, 0.3) is 0 Å². The molecule has 0 fully saturated rings. The fraction of sp³-hybridized carbons (Fsp3) is 0.529. The molecule has 1 unspecified atom stereocenters. The Morgan fingerprint density at radius 3 is 3.09 bits per heavy atom. The molecule has 0 aromatic heterocycles. The molecule has 2 heterocycles. The van der Waals surface area contributed by atoms with E-state index in [1.54, 1.807) is 0 Å². The Labute approximate surface area is 129 Å². The van der Waals surface area contributed by atoms with Gasteiger partial charge in [0.15, 0.2) is 11.5 Å². The van der Waals surface area contributed by atoms with Crippen molar-refractivity contribution in [2.24, 2.45) is 0 Å². The van der Waals surface area contributed by atoms with Crippen molar-refractivity contribution in [3.8, 4) is 11.5 Å². The van der Waals surface area contributed by atoms with Gasteiger partial charge in [0, 0.05) is 30.2 Å². The van der Waals surface area contributed by atoms with Gasteiger partial charge in [-0.25, -0.2) is 4.39 Å². The molecule has 0 bridgehead atoms. The zero-order valence-electron chi connectivity index (χ0n) is 12.8. The van der Waals surface area contributed by atoms with Gasteiger partial charge in [0.1, 0.15) is 11.9 Å². The summed E-state index contributed by atoms with van der Waals surface area (Å²) in [6.45, 7) is 1.42. The highest BCUT2D eigenvalue weighted by Crippen LogP contribution is 2.56. The number of rotatable bonds is 1. The second-order valence-electron chi connectivity index (χ2n) is 6.54. The highest BCUT2D eigenvalue weighted by molar-refractivity contribution is 5.61. The summed E-state index contributed by atoms with van der Waals surface area (Å²) in [5.41, 5.74) is 1.26. The first kappa shape index (κ1) is 14.0. The molecule has 5 heteroatoms. The van der Waals surface area contributed by atoms with Gasteiger partial charge >= 0.3 is 0 Å². The molecule has 0 radical (unpaired) electrons. The Kier molecular flexibility index (Phi) is 3.00. The van der Waals surface area contributed by atoms with E-state index in [9.17, 15) is 9.50 Å². The standard InChI is InChI=1S/C17H20FNO3/c1-19-6-5-17-4-3-10(20)7-14(17)22-16-13(21-2)8-12(18)11(9-19)15(16)17/h3-4,8,10,14,20H,5-7,9H2,1-2H3/t10-,14-,17?/m0/s1. The predicted molar refractivity (Wildman–Crippen MR) is 79.8 cm³/mol. The molecule has 1 aromatic rings. The van der Waals surface area contributed by atoms with Crippen molar-refractivity contribution in [2.75, 3.05) is 20.7 Å². The molecule has 1 N–H and O–H groups in total. The molecular weight excluding hydrogens is 285 g/mol. The van der Waals surface area contributed by atoms with Gasteiger partial charge in [0.05, 0.1) is 18.6 Å². The summed E-state index contributed by atoms with van der Waals surface area (Å²) >= 11 is 0. The van der Waals surface area contributed by atoms with Gasteiger partial charge in [0.2, 0.25) is 0 Å². The van der Waals surface area contributed by atoms with Crippen molar-refractivity contribution in [1.29, 1.82) is 0 Å². The smallest absolute Gasteiger partial charge is 0.166 e. The van der Waals surface area contributed by atoms with Gasteiger partial charge in [-0.1, -0.05) is 12.2 Å². The van der Waals surface area contributed by atoms with Gasteiger partial charge < -0.3 is 19.5 Å². The molecule has 1 aromatic carbocycles. The maximum Gasteiger partial charge on any atom is 0.166 e.